The summed E-state index contributed by atoms with van der Waals surface area (Å²) in [6, 6.07) is 1.87. The Kier molecular flexibility index (Phi) is 6.27. The lowest BCUT2D eigenvalue weighted by atomic mass is 9.97. The number of carbonyl (C=O) groups is 1. The lowest BCUT2D eigenvalue weighted by Gasteiger charge is -2.16. The van der Waals surface area contributed by atoms with E-state index in [1.165, 1.54) is 23.6 Å². The van der Waals surface area contributed by atoms with Gasteiger partial charge in [0.05, 0.1) is 23.8 Å². The van der Waals surface area contributed by atoms with Crippen molar-refractivity contribution in [3.63, 3.8) is 0 Å². The number of carbonyl (C=O) groups excluding carboxylic acids is 1. The number of fused-ring (bicyclic) bond motifs is 3. The van der Waals surface area contributed by atoms with Crippen molar-refractivity contribution in [3.05, 3.63) is 32.1 Å². The minimum Gasteiger partial charge on any atom is -0.401 e. The van der Waals surface area contributed by atoms with E-state index in [-0.39, 0.29) is 34.5 Å². The van der Waals surface area contributed by atoms with E-state index in [0.717, 1.165) is 54.3 Å². The second kappa shape index (κ2) is 8.92. The Morgan fingerprint density at radius 1 is 1.40 bits per heavy atom. The van der Waals surface area contributed by atoms with E-state index >= 15 is 0 Å². The number of nitrogens with two attached hydrogens (primary N) is 1. The molecular weight excluding hydrogens is 420 g/mol. The van der Waals surface area contributed by atoms with Crippen molar-refractivity contribution >= 4 is 39.1 Å². The summed E-state index contributed by atoms with van der Waals surface area (Å²) >= 11 is 2.78. The van der Waals surface area contributed by atoms with E-state index < -0.39 is 0 Å². The van der Waals surface area contributed by atoms with Gasteiger partial charge in [0, 0.05) is 17.2 Å². The fourth-order valence-corrected chi connectivity index (χ4v) is 6.24. The lowest BCUT2D eigenvalue weighted by molar-refractivity contribution is -0.112. The number of hydrogen-bond acceptors (Lipinski definition) is 8. The Balaban J connectivity index is 1.73. The van der Waals surface area contributed by atoms with Crippen LogP contribution in [-0.4, -0.2) is 33.8 Å². The van der Waals surface area contributed by atoms with Crippen molar-refractivity contribution in [3.8, 4) is 6.07 Å². The first kappa shape index (κ1) is 21.1. The number of aromatic nitrogens is 2. The number of ether oxygens (including phenoxy) is 1. The molecule has 0 aromatic carbocycles. The van der Waals surface area contributed by atoms with Crippen LogP contribution in [0.3, 0.4) is 0 Å². The molecule has 9 heteroatoms. The molecule has 1 atom stereocenters. The Bertz CT molecular complexity index is 1120. The number of aryl methyl sites for hydroxylation is 2. The number of allylic oxidation sites excluding steroid dienone is 2. The molecule has 4 rings (SSSR count). The van der Waals surface area contributed by atoms with Crippen LogP contribution in [0.15, 0.2) is 21.2 Å². The second-order valence-corrected chi connectivity index (χ2v) is 9.74. The van der Waals surface area contributed by atoms with Gasteiger partial charge in [-0.2, -0.15) is 5.26 Å². The fraction of sp³-hybridized carbons (Fsp3) is 0.524. The first-order valence-corrected chi connectivity index (χ1v) is 12.0. The normalized spacial score (nSPS) is 19.4. The maximum atomic E-state index is 13.5. The molecule has 7 nitrogen and oxygen atoms in total. The topological polar surface area (TPSA) is 111 Å². The minimum absolute atomic E-state index is 0.00595. The van der Waals surface area contributed by atoms with E-state index in [9.17, 15) is 14.9 Å². The van der Waals surface area contributed by atoms with Crippen LogP contribution < -0.4 is 11.3 Å². The van der Waals surface area contributed by atoms with Gasteiger partial charge in [-0.25, -0.2) is 4.98 Å². The zero-order valence-corrected chi connectivity index (χ0v) is 18.5. The van der Waals surface area contributed by atoms with Gasteiger partial charge >= 0.3 is 0 Å². The molecule has 2 aliphatic rings. The summed E-state index contributed by atoms with van der Waals surface area (Å²) in [5.41, 5.74) is 6.92. The molecule has 1 saturated heterocycles. The average Bonchev–Trinajstić information content (AvgIpc) is 3.36. The Morgan fingerprint density at radius 2 is 2.20 bits per heavy atom. The highest BCUT2D eigenvalue weighted by molar-refractivity contribution is 7.99. The molecule has 2 aromatic rings. The number of thiophene rings is 1. The van der Waals surface area contributed by atoms with Crippen LogP contribution in [0.5, 0.6) is 0 Å². The first-order valence-electron chi connectivity index (χ1n) is 10.2. The average molecular weight is 445 g/mol. The molecule has 158 valence electrons. The van der Waals surface area contributed by atoms with Crippen LogP contribution in [-0.2, 0) is 28.9 Å². The smallest absolute Gasteiger partial charge is 0.263 e. The molecule has 1 aliphatic heterocycles. The predicted octanol–water partition coefficient (Wildman–Crippen LogP) is 2.93. The number of thioether (sulfide) groups is 1. The molecule has 0 saturated carbocycles. The monoisotopic (exact) mass is 444 g/mol. The third-order valence-electron chi connectivity index (χ3n) is 5.57. The van der Waals surface area contributed by atoms with Gasteiger partial charge in [0.2, 0.25) is 0 Å². The van der Waals surface area contributed by atoms with Gasteiger partial charge in [-0.1, -0.05) is 11.8 Å². The summed E-state index contributed by atoms with van der Waals surface area (Å²) in [5, 5.41) is 10.4. The summed E-state index contributed by atoms with van der Waals surface area (Å²) < 4.78 is 7.43. The summed E-state index contributed by atoms with van der Waals surface area (Å²) in [4.78, 5) is 32.7. The van der Waals surface area contributed by atoms with Gasteiger partial charge in [-0.15, -0.1) is 11.3 Å². The molecule has 0 spiro atoms. The van der Waals surface area contributed by atoms with E-state index in [1.54, 1.807) is 15.9 Å². The van der Waals surface area contributed by atoms with Gasteiger partial charge in [0.1, 0.15) is 16.5 Å². The largest absolute Gasteiger partial charge is 0.401 e. The zero-order chi connectivity index (χ0) is 21.3. The highest BCUT2D eigenvalue weighted by atomic mass is 32.2. The first-order chi connectivity index (χ1) is 14.5. The van der Waals surface area contributed by atoms with Gasteiger partial charge in [0.25, 0.3) is 5.56 Å². The summed E-state index contributed by atoms with van der Waals surface area (Å²) in [7, 11) is 0. The Morgan fingerprint density at radius 3 is 2.90 bits per heavy atom. The second-order valence-electron chi connectivity index (χ2n) is 7.72. The van der Waals surface area contributed by atoms with Crippen molar-refractivity contribution in [2.75, 3.05) is 12.4 Å². The van der Waals surface area contributed by atoms with Crippen molar-refractivity contribution in [2.45, 2.75) is 63.3 Å². The number of ketones is 1. The van der Waals surface area contributed by atoms with Crippen LogP contribution in [0.25, 0.3) is 10.2 Å². The molecule has 0 bridgehead atoms. The molecule has 1 aliphatic carbocycles. The van der Waals surface area contributed by atoms with Gasteiger partial charge < -0.3 is 10.5 Å². The number of hydrogen-bond donors (Lipinski definition) is 1. The number of rotatable bonds is 6. The molecule has 0 amide bonds. The highest BCUT2D eigenvalue weighted by Gasteiger charge is 2.25. The summed E-state index contributed by atoms with van der Waals surface area (Å²) in [5.74, 6) is -0.350. The minimum atomic E-state index is -0.356. The molecule has 2 N–H and O–H groups in total. The Hall–Kier alpha value is -2.15. The van der Waals surface area contributed by atoms with Crippen LogP contribution >= 0.6 is 23.1 Å². The number of nitrogens with zero attached hydrogens (tertiary/aromatic N) is 3. The molecule has 3 heterocycles. The predicted molar refractivity (Wildman–Crippen MR) is 118 cm³/mol. The van der Waals surface area contributed by atoms with Gasteiger partial charge in [0.15, 0.2) is 10.9 Å². The van der Waals surface area contributed by atoms with E-state index in [4.69, 9.17) is 15.5 Å². The summed E-state index contributed by atoms with van der Waals surface area (Å²) in [6.45, 7) is 2.67. The maximum absolute atomic E-state index is 13.5. The molecule has 1 fully saturated rings. The Labute approximate surface area is 182 Å². The van der Waals surface area contributed by atoms with Crippen LogP contribution in [0.4, 0.5) is 0 Å². The van der Waals surface area contributed by atoms with Crippen molar-refractivity contribution in [2.24, 2.45) is 5.73 Å². The van der Waals surface area contributed by atoms with Crippen molar-refractivity contribution < 1.29 is 9.53 Å². The fourth-order valence-electron chi connectivity index (χ4n) is 4.06. The quantitative estimate of drug-likeness (QED) is 0.316. The SMILES string of the molecule is C/C(N)=C(/C#N)C(=O)CSc1nc2sc3c(c2c(=O)n1CC1CCCO1)CCCC3. The van der Waals surface area contributed by atoms with Crippen LogP contribution in [0.2, 0.25) is 0 Å². The van der Waals surface area contributed by atoms with E-state index in [0.29, 0.717) is 18.3 Å². The van der Waals surface area contributed by atoms with Crippen molar-refractivity contribution in [1.82, 2.24) is 9.55 Å². The number of nitriles is 1. The van der Waals surface area contributed by atoms with Gasteiger partial charge in [-0.3, -0.25) is 14.2 Å². The standard InChI is InChI=1S/C21H24N4O3S2/c1-12(23)15(9-22)16(26)11-29-21-24-19-18(14-6-2-3-7-17(14)30-19)20(27)25(21)10-13-5-4-8-28-13/h13H,2-8,10-11,23H2,1H3/b15-12+. The molecule has 0 radical (unpaired) electrons. The maximum Gasteiger partial charge on any atom is 0.263 e. The molecule has 1 unspecified atom stereocenters. The number of Topliss-reactive ketones (excluding diaryl/α,β-unsaturated/α-hetero) is 1. The lowest BCUT2D eigenvalue weighted by Crippen LogP contribution is -2.29. The van der Waals surface area contributed by atoms with Crippen LogP contribution in [0.1, 0.15) is 43.0 Å². The third-order valence-corrected chi connectivity index (χ3v) is 7.73. The molecular formula is C21H24N4O3S2. The summed E-state index contributed by atoms with van der Waals surface area (Å²) in [6.07, 6.45) is 6.02. The highest BCUT2D eigenvalue weighted by Crippen LogP contribution is 2.35. The van der Waals surface area contributed by atoms with Crippen LogP contribution in [0, 0.1) is 11.3 Å². The molecule has 30 heavy (non-hydrogen) atoms. The van der Waals surface area contributed by atoms with E-state index in [2.05, 4.69) is 0 Å². The van der Waals surface area contributed by atoms with Crippen molar-refractivity contribution in [1.29, 1.82) is 5.26 Å². The van der Waals surface area contributed by atoms with Gasteiger partial charge in [-0.05, 0) is 51.0 Å². The zero-order valence-electron chi connectivity index (χ0n) is 16.9. The third kappa shape index (κ3) is 4.04. The molecule has 2 aromatic heterocycles. The van der Waals surface area contributed by atoms with E-state index in [1.807, 2.05) is 6.07 Å².